The fraction of sp³-hybridized carbons (Fsp3) is 0.533. The predicted octanol–water partition coefficient (Wildman–Crippen LogP) is 3.06. The van der Waals surface area contributed by atoms with E-state index < -0.39 is 0 Å². The van der Waals surface area contributed by atoms with Gasteiger partial charge in [-0.25, -0.2) is 0 Å². The summed E-state index contributed by atoms with van der Waals surface area (Å²) in [6, 6.07) is 3.96. The van der Waals surface area contributed by atoms with Crippen LogP contribution in [0.2, 0.25) is 0 Å². The fourth-order valence-corrected chi connectivity index (χ4v) is 2.98. The molecule has 0 radical (unpaired) electrons. The molecule has 1 aliphatic carbocycles. The van der Waals surface area contributed by atoms with Gasteiger partial charge in [0.2, 0.25) is 0 Å². The van der Waals surface area contributed by atoms with E-state index in [1.807, 2.05) is 19.1 Å². The highest BCUT2D eigenvalue weighted by molar-refractivity contribution is 5.61. The first-order valence-electron chi connectivity index (χ1n) is 6.56. The number of aldehydes is 1. The Kier molecular flexibility index (Phi) is 3.90. The van der Waals surface area contributed by atoms with E-state index in [9.17, 15) is 4.79 Å². The van der Waals surface area contributed by atoms with Gasteiger partial charge in [0.05, 0.1) is 7.11 Å². The van der Waals surface area contributed by atoms with Crippen LogP contribution in [0, 0.1) is 12.8 Å². The molecule has 0 heterocycles. The largest absolute Gasteiger partial charge is 0.496 e. The van der Waals surface area contributed by atoms with Crippen molar-refractivity contribution in [3.63, 3.8) is 0 Å². The predicted molar refractivity (Wildman–Crippen MR) is 72.9 cm³/mol. The summed E-state index contributed by atoms with van der Waals surface area (Å²) in [5.41, 5.74) is 9.02. The first kappa shape index (κ1) is 12.9. The Morgan fingerprint density at radius 3 is 2.72 bits per heavy atom. The SMILES string of the molecule is COc1cc(C2CCCCC2C=O)c(N)cc1C. The number of nitrogen functional groups attached to an aromatic ring is 1. The molecule has 0 spiro atoms. The van der Waals surface area contributed by atoms with Crippen molar-refractivity contribution in [1.82, 2.24) is 0 Å². The maximum atomic E-state index is 11.2. The number of carbonyl (C=O) groups is 1. The minimum atomic E-state index is 0.105. The van der Waals surface area contributed by atoms with Gasteiger partial charge in [0, 0.05) is 11.6 Å². The van der Waals surface area contributed by atoms with Crippen LogP contribution in [0.25, 0.3) is 0 Å². The average Bonchev–Trinajstić information content (AvgIpc) is 2.39. The van der Waals surface area contributed by atoms with Crippen molar-refractivity contribution >= 4 is 12.0 Å². The Bertz CT molecular complexity index is 442. The van der Waals surface area contributed by atoms with Crippen molar-refractivity contribution in [3.05, 3.63) is 23.3 Å². The molecule has 1 saturated carbocycles. The molecule has 0 aliphatic heterocycles. The lowest BCUT2D eigenvalue weighted by molar-refractivity contribution is -0.112. The number of benzene rings is 1. The van der Waals surface area contributed by atoms with E-state index in [2.05, 4.69) is 0 Å². The van der Waals surface area contributed by atoms with Crippen molar-refractivity contribution in [3.8, 4) is 5.75 Å². The Labute approximate surface area is 108 Å². The summed E-state index contributed by atoms with van der Waals surface area (Å²) < 4.78 is 5.36. The third-order valence-electron chi connectivity index (χ3n) is 3.99. The molecule has 1 aromatic carbocycles. The minimum Gasteiger partial charge on any atom is -0.496 e. The van der Waals surface area contributed by atoms with Crippen molar-refractivity contribution in [2.24, 2.45) is 5.92 Å². The second kappa shape index (κ2) is 5.42. The van der Waals surface area contributed by atoms with Crippen LogP contribution >= 0.6 is 0 Å². The van der Waals surface area contributed by atoms with Crippen LogP contribution in [0.15, 0.2) is 12.1 Å². The van der Waals surface area contributed by atoms with Gasteiger partial charge < -0.3 is 15.3 Å². The van der Waals surface area contributed by atoms with E-state index in [0.29, 0.717) is 0 Å². The number of methoxy groups -OCH3 is 1. The van der Waals surface area contributed by atoms with Gasteiger partial charge in [0.1, 0.15) is 12.0 Å². The molecule has 0 amide bonds. The third kappa shape index (κ3) is 2.35. The molecule has 1 aromatic rings. The smallest absolute Gasteiger partial charge is 0.123 e. The summed E-state index contributed by atoms with van der Waals surface area (Å²) in [6.07, 6.45) is 5.42. The first-order valence-corrected chi connectivity index (χ1v) is 6.56. The molecule has 0 bridgehead atoms. The van der Waals surface area contributed by atoms with Gasteiger partial charge in [-0.1, -0.05) is 12.8 Å². The summed E-state index contributed by atoms with van der Waals surface area (Å²) in [5.74, 6) is 1.22. The molecule has 2 atom stereocenters. The Balaban J connectivity index is 2.39. The molecule has 1 aliphatic rings. The molecular formula is C15H21NO2. The molecule has 0 aromatic heterocycles. The number of hydrogen-bond acceptors (Lipinski definition) is 3. The third-order valence-corrected chi connectivity index (χ3v) is 3.99. The zero-order valence-corrected chi connectivity index (χ0v) is 11.1. The van der Waals surface area contributed by atoms with Crippen molar-refractivity contribution < 1.29 is 9.53 Å². The van der Waals surface area contributed by atoms with E-state index in [4.69, 9.17) is 10.5 Å². The highest BCUT2D eigenvalue weighted by Gasteiger charge is 2.28. The zero-order valence-electron chi connectivity index (χ0n) is 11.1. The number of rotatable bonds is 3. The van der Waals surface area contributed by atoms with E-state index in [1.165, 1.54) is 6.42 Å². The van der Waals surface area contributed by atoms with E-state index in [1.54, 1.807) is 7.11 Å². The molecule has 3 nitrogen and oxygen atoms in total. The van der Waals surface area contributed by atoms with Gasteiger partial charge in [-0.3, -0.25) is 0 Å². The molecule has 0 saturated heterocycles. The second-order valence-electron chi connectivity index (χ2n) is 5.14. The van der Waals surface area contributed by atoms with Gasteiger partial charge in [-0.2, -0.15) is 0 Å². The standard InChI is InChI=1S/C15H21NO2/c1-10-7-14(16)13(8-15(10)18-2)12-6-4-3-5-11(12)9-17/h7-9,11-12H,3-6,16H2,1-2H3. The highest BCUT2D eigenvalue weighted by Crippen LogP contribution is 2.41. The molecule has 3 heteroatoms. The maximum absolute atomic E-state index is 11.2. The fourth-order valence-electron chi connectivity index (χ4n) is 2.98. The zero-order chi connectivity index (χ0) is 13.1. The first-order chi connectivity index (χ1) is 8.67. The lowest BCUT2D eigenvalue weighted by atomic mass is 9.75. The summed E-state index contributed by atoms with van der Waals surface area (Å²) in [5, 5.41) is 0. The lowest BCUT2D eigenvalue weighted by Crippen LogP contribution is -2.20. The van der Waals surface area contributed by atoms with Gasteiger partial charge in [0.15, 0.2) is 0 Å². The van der Waals surface area contributed by atoms with Crippen molar-refractivity contribution in [1.29, 1.82) is 0 Å². The van der Waals surface area contributed by atoms with Gasteiger partial charge in [-0.05, 0) is 48.9 Å². The van der Waals surface area contributed by atoms with E-state index >= 15 is 0 Å². The number of aryl methyl sites for hydroxylation is 1. The quantitative estimate of drug-likeness (QED) is 0.659. The molecule has 98 valence electrons. The van der Waals surface area contributed by atoms with Crippen molar-refractivity contribution in [2.75, 3.05) is 12.8 Å². The van der Waals surface area contributed by atoms with Crippen LogP contribution in [-0.2, 0) is 4.79 Å². The summed E-state index contributed by atoms with van der Waals surface area (Å²) in [6.45, 7) is 1.98. The molecule has 1 fully saturated rings. The highest BCUT2D eigenvalue weighted by atomic mass is 16.5. The molecule has 2 rings (SSSR count). The molecule has 2 unspecified atom stereocenters. The normalized spacial score (nSPS) is 23.7. The van der Waals surface area contributed by atoms with Crippen LogP contribution in [0.4, 0.5) is 5.69 Å². The molecule has 2 N–H and O–H groups in total. The number of hydrogen-bond donors (Lipinski definition) is 1. The number of nitrogens with two attached hydrogens (primary N) is 1. The Morgan fingerprint density at radius 2 is 2.06 bits per heavy atom. The van der Waals surface area contributed by atoms with Crippen LogP contribution in [0.1, 0.15) is 42.7 Å². The Morgan fingerprint density at radius 1 is 1.33 bits per heavy atom. The van der Waals surface area contributed by atoms with Gasteiger partial charge in [-0.15, -0.1) is 0 Å². The van der Waals surface area contributed by atoms with Crippen LogP contribution in [-0.4, -0.2) is 13.4 Å². The lowest BCUT2D eigenvalue weighted by Gasteiger charge is -2.29. The summed E-state index contributed by atoms with van der Waals surface area (Å²) in [7, 11) is 1.67. The maximum Gasteiger partial charge on any atom is 0.123 e. The van der Waals surface area contributed by atoms with Crippen LogP contribution < -0.4 is 10.5 Å². The average molecular weight is 247 g/mol. The minimum absolute atomic E-state index is 0.105. The second-order valence-corrected chi connectivity index (χ2v) is 5.14. The summed E-state index contributed by atoms with van der Waals surface area (Å²) >= 11 is 0. The number of carbonyl (C=O) groups excluding carboxylic acids is 1. The van der Waals surface area contributed by atoms with Gasteiger partial charge in [0.25, 0.3) is 0 Å². The van der Waals surface area contributed by atoms with Crippen LogP contribution in [0.5, 0.6) is 5.75 Å². The monoisotopic (exact) mass is 247 g/mol. The number of ether oxygens (including phenoxy) is 1. The topological polar surface area (TPSA) is 52.3 Å². The molecular weight excluding hydrogens is 226 g/mol. The van der Waals surface area contributed by atoms with Gasteiger partial charge >= 0.3 is 0 Å². The van der Waals surface area contributed by atoms with E-state index in [0.717, 1.165) is 48.1 Å². The molecule has 18 heavy (non-hydrogen) atoms. The Hall–Kier alpha value is -1.51. The van der Waals surface area contributed by atoms with Crippen LogP contribution in [0.3, 0.4) is 0 Å². The summed E-state index contributed by atoms with van der Waals surface area (Å²) in [4.78, 5) is 11.2. The number of anilines is 1. The van der Waals surface area contributed by atoms with E-state index in [-0.39, 0.29) is 11.8 Å². The van der Waals surface area contributed by atoms with Crippen molar-refractivity contribution in [2.45, 2.75) is 38.5 Å².